The van der Waals surface area contributed by atoms with Crippen LogP contribution in [0.5, 0.6) is 5.75 Å². The fourth-order valence-corrected chi connectivity index (χ4v) is 3.76. The lowest BCUT2D eigenvalue weighted by Gasteiger charge is -2.37. The van der Waals surface area contributed by atoms with E-state index in [1.807, 2.05) is 30.7 Å². The maximum absolute atomic E-state index is 5.24. The molecular weight excluding hydrogens is 479 g/mol. The number of aryl methyl sites for hydroxylation is 1. The molecule has 160 valence electrons. The lowest BCUT2D eigenvalue weighted by molar-refractivity contribution is 0.208. The third kappa shape index (κ3) is 6.32. The topological polar surface area (TPSA) is 67.6 Å². The molecular formula is C21H33IN6O. The first-order chi connectivity index (χ1) is 13.5. The second-order valence-electron chi connectivity index (χ2n) is 7.91. The van der Waals surface area contributed by atoms with Crippen molar-refractivity contribution in [3.05, 3.63) is 41.5 Å². The standard InChI is InChI=1S/C21H32N6O.HI/c1-15-10-16(2)14-27(13-15)21(23-12-20-25-24-17(3)26(20)4)22-11-18-6-8-19(28-5)9-7-18;/h6-9,15-16H,10-14H2,1-5H3,(H,22,23);1H. The molecule has 1 fully saturated rings. The van der Waals surface area contributed by atoms with Crippen LogP contribution in [-0.2, 0) is 20.1 Å². The van der Waals surface area contributed by atoms with Gasteiger partial charge in [-0.15, -0.1) is 34.2 Å². The highest BCUT2D eigenvalue weighted by Crippen LogP contribution is 2.21. The van der Waals surface area contributed by atoms with Crippen LogP contribution in [0.3, 0.4) is 0 Å². The zero-order valence-electron chi connectivity index (χ0n) is 18.1. The van der Waals surface area contributed by atoms with E-state index in [1.54, 1.807) is 7.11 Å². The van der Waals surface area contributed by atoms with Gasteiger partial charge in [-0.1, -0.05) is 26.0 Å². The number of aliphatic imine (C=N–C) groups is 1. The highest BCUT2D eigenvalue weighted by molar-refractivity contribution is 14.0. The summed E-state index contributed by atoms with van der Waals surface area (Å²) in [6.07, 6.45) is 1.27. The highest BCUT2D eigenvalue weighted by atomic mass is 127. The SMILES string of the molecule is COc1ccc(CN=C(NCc2nnc(C)n2C)N2CC(C)CC(C)C2)cc1.I. The van der Waals surface area contributed by atoms with Gasteiger partial charge in [-0.05, 0) is 42.9 Å². The van der Waals surface area contributed by atoms with Crippen LogP contribution in [0.2, 0.25) is 0 Å². The molecule has 8 heteroatoms. The van der Waals surface area contributed by atoms with Crippen molar-refractivity contribution in [2.45, 2.75) is 40.3 Å². The summed E-state index contributed by atoms with van der Waals surface area (Å²) < 4.78 is 7.25. The third-order valence-corrected chi connectivity index (χ3v) is 5.33. The number of rotatable bonds is 5. The Bertz CT molecular complexity index is 794. The molecule has 2 aromatic rings. The van der Waals surface area contributed by atoms with E-state index < -0.39 is 0 Å². The predicted octanol–water partition coefficient (Wildman–Crippen LogP) is 3.37. The third-order valence-electron chi connectivity index (χ3n) is 5.33. The fraction of sp³-hybridized carbons (Fsp3) is 0.571. The summed E-state index contributed by atoms with van der Waals surface area (Å²) in [6, 6.07) is 8.08. The molecule has 1 aliphatic heterocycles. The van der Waals surface area contributed by atoms with Crippen LogP contribution in [-0.4, -0.2) is 45.8 Å². The van der Waals surface area contributed by atoms with Crippen molar-refractivity contribution in [3.63, 3.8) is 0 Å². The minimum Gasteiger partial charge on any atom is -0.497 e. The maximum Gasteiger partial charge on any atom is 0.194 e. The van der Waals surface area contributed by atoms with Crippen LogP contribution < -0.4 is 10.1 Å². The van der Waals surface area contributed by atoms with E-state index in [-0.39, 0.29) is 24.0 Å². The van der Waals surface area contributed by atoms with Crippen molar-refractivity contribution in [3.8, 4) is 5.75 Å². The minimum absolute atomic E-state index is 0. The van der Waals surface area contributed by atoms with Crippen molar-refractivity contribution in [2.75, 3.05) is 20.2 Å². The normalized spacial score (nSPS) is 19.6. The fourth-order valence-electron chi connectivity index (χ4n) is 3.76. The number of hydrogen-bond acceptors (Lipinski definition) is 4. The second-order valence-corrected chi connectivity index (χ2v) is 7.91. The van der Waals surface area contributed by atoms with Gasteiger partial charge in [0, 0.05) is 20.1 Å². The summed E-state index contributed by atoms with van der Waals surface area (Å²) >= 11 is 0. The molecule has 0 saturated carbocycles. The number of nitrogens with zero attached hydrogens (tertiary/aromatic N) is 5. The van der Waals surface area contributed by atoms with Gasteiger partial charge in [-0.2, -0.15) is 0 Å². The van der Waals surface area contributed by atoms with E-state index in [9.17, 15) is 0 Å². The Morgan fingerprint density at radius 2 is 1.83 bits per heavy atom. The zero-order valence-corrected chi connectivity index (χ0v) is 20.4. The van der Waals surface area contributed by atoms with Crippen molar-refractivity contribution in [1.82, 2.24) is 25.0 Å². The number of benzene rings is 1. The van der Waals surface area contributed by atoms with Gasteiger partial charge in [0.25, 0.3) is 0 Å². The van der Waals surface area contributed by atoms with Crippen molar-refractivity contribution >= 4 is 29.9 Å². The molecule has 2 unspecified atom stereocenters. The number of methoxy groups -OCH3 is 1. The first-order valence-corrected chi connectivity index (χ1v) is 9.97. The molecule has 29 heavy (non-hydrogen) atoms. The number of halogens is 1. The smallest absolute Gasteiger partial charge is 0.194 e. The number of piperidine rings is 1. The molecule has 2 atom stereocenters. The first kappa shape index (κ1) is 23.4. The highest BCUT2D eigenvalue weighted by Gasteiger charge is 2.24. The second kappa shape index (κ2) is 10.8. The summed E-state index contributed by atoms with van der Waals surface area (Å²) in [5.74, 6) is 4.95. The van der Waals surface area contributed by atoms with Gasteiger partial charge in [0.15, 0.2) is 11.8 Å². The average Bonchev–Trinajstić information content (AvgIpc) is 3.00. The van der Waals surface area contributed by atoms with E-state index in [4.69, 9.17) is 9.73 Å². The van der Waals surface area contributed by atoms with Crippen molar-refractivity contribution in [1.29, 1.82) is 0 Å². The van der Waals surface area contributed by atoms with Crippen LogP contribution in [0.25, 0.3) is 0 Å². The van der Waals surface area contributed by atoms with Crippen molar-refractivity contribution < 1.29 is 4.74 Å². The summed E-state index contributed by atoms with van der Waals surface area (Å²) in [6.45, 7) is 9.88. The molecule has 1 aliphatic rings. The van der Waals surface area contributed by atoms with Crippen LogP contribution in [0, 0.1) is 18.8 Å². The quantitative estimate of drug-likeness (QED) is 0.378. The Kier molecular flexibility index (Phi) is 8.73. The Labute approximate surface area is 191 Å². The van der Waals surface area contributed by atoms with E-state index in [0.29, 0.717) is 24.9 Å². The summed E-state index contributed by atoms with van der Waals surface area (Å²) in [4.78, 5) is 7.31. The largest absolute Gasteiger partial charge is 0.497 e. The van der Waals surface area contributed by atoms with E-state index in [2.05, 4.69) is 46.4 Å². The molecule has 0 radical (unpaired) electrons. The summed E-state index contributed by atoms with van der Waals surface area (Å²) in [5, 5.41) is 11.9. The minimum atomic E-state index is 0. The van der Waals surface area contributed by atoms with Gasteiger partial charge in [-0.25, -0.2) is 4.99 Å². The van der Waals surface area contributed by atoms with Crippen LogP contribution in [0.1, 0.15) is 37.5 Å². The van der Waals surface area contributed by atoms with Gasteiger partial charge in [-0.3, -0.25) is 0 Å². The van der Waals surface area contributed by atoms with Gasteiger partial charge in [0.2, 0.25) is 0 Å². The maximum atomic E-state index is 5.24. The van der Waals surface area contributed by atoms with Crippen LogP contribution >= 0.6 is 24.0 Å². The molecule has 3 rings (SSSR count). The predicted molar refractivity (Wildman–Crippen MR) is 127 cm³/mol. The molecule has 0 aliphatic carbocycles. The summed E-state index contributed by atoms with van der Waals surface area (Å²) in [7, 11) is 3.67. The molecule has 0 spiro atoms. The number of aromatic nitrogens is 3. The lowest BCUT2D eigenvalue weighted by Crippen LogP contribution is -2.48. The zero-order chi connectivity index (χ0) is 20.1. The average molecular weight is 512 g/mol. The van der Waals surface area contributed by atoms with E-state index in [0.717, 1.165) is 42.0 Å². The van der Waals surface area contributed by atoms with Gasteiger partial charge >= 0.3 is 0 Å². The van der Waals surface area contributed by atoms with E-state index in [1.165, 1.54) is 6.42 Å². The molecule has 2 heterocycles. The Balaban J connectivity index is 0.00000300. The molecule has 1 N–H and O–H groups in total. The first-order valence-electron chi connectivity index (χ1n) is 9.97. The van der Waals surface area contributed by atoms with E-state index >= 15 is 0 Å². The molecule has 0 bridgehead atoms. The number of guanidine groups is 1. The monoisotopic (exact) mass is 512 g/mol. The molecule has 7 nitrogen and oxygen atoms in total. The lowest BCUT2D eigenvalue weighted by atomic mass is 9.92. The molecule has 1 aromatic heterocycles. The van der Waals surface area contributed by atoms with Gasteiger partial charge < -0.3 is 19.5 Å². The Hall–Kier alpha value is -1.84. The Morgan fingerprint density at radius 3 is 2.38 bits per heavy atom. The molecule has 1 aromatic carbocycles. The number of hydrogen-bond donors (Lipinski definition) is 1. The number of ether oxygens (including phenoxy) is 1. The number of nitrogens with one attached hydrogen (secondary N) is 1. The van der Waals surface area contributed by atoms with Gasteiger partial charge in [0.1, 0.15) is 11.6 Å². The van der Waals surface area contributed by atoms with Crippen LogP contribution in [0.4, 0.5) is 0 Å². The molecule has 1 saturated heterocycles. The summed E-state index contributed by atoms with van der Waals surface area (Å²) in [5.41, 5.74) is 1.16. The molecule has 0 amide bonds. The van der Waals surface area contributed by atoms with Crippen molar-refractivity contribution in [2.24, 2.45) is 23.9 Å². The van der Waals surface area contributed by atoms with Gasteiger partial charge in [0.05, 0.1) is 20.2 Å². The Morgan fingerprint density at radius 1 is 1.17 bits per heavy atom. The number of likely N-dealkylation sites (tertiary alicyclic amines) is 1. The van der Waals surface area contributed by atoms with Crippen LogP contribution in [0.15, 0.2) is 29.3 Å².